The summed E-state index contributed by atoms with van der Waals surface area (Å²) >= 11 is 0. The molecule has 1 fully saturated rings. The lowest BCUT2D eigenvalue weighted by atomic mass is 10.2. The number of aromatic nitrogens is 3. The first-order valence-electron chi connectivity index (χ1n) is 11.9. The first kappa shape index (κ1) is 23.0. The summed E-state index contributed by atoms with van der Waals surface area (Å²) in [7, 11) is 0. The predicted octanol–water partition coefficient (Wildman–Crippen LogP) is 3.60. The monoisotopic (exact) mass is 445 g/mol. The number of pyridine rings is 1. The molecule has 2 aromatic heterocycles. The van der Waals surface area contributed by atoms with E-state index in [-0.39, 0.29) is 0 Å². The number of guanidine groups is 1. The first-order valence-corrected chi connectivity index (χ1v) is 11.9. The highest BCUT2D eigenvalue weighted by molar-refractivity contribution is 5.79. The van der Waals surface area contributed by atoms with E-state index in [1.807, 2.05) is 30.8 Å². The van der Waals surface area contributed by atoms with Gasteiger partial charge >= 0.3 is 0 Å². The van der Waals surface area contributed by atoms with E-state index in [2.05, 4.69) is 75.0 Å². The van der Waals surface area contributed by atoms with E-state index in [1.54, 1.807) is 0 Å². The molecule has 174 valence electrons. The summed E-state index contributed by atoms with van der Waals surface area (Å²) < 4.78 is 1.87. The Morgan fingerprint density at radius 1 is 1.09 bits per heavy atom. The lowest BCUT2D eigenvalue weighted by molar-refractivity contribution is 0.245. The fraction of sp³-hybridized carbons (Fsp3) is 0.423. The fourth-order valence-electron chi connectivity index (χ4n) is 4.38. The minimum absolute atomic E-state index is 0.524. The highest BCUT2D eigenvalue weighted by Gasteiger charge is 2.24. The molecule has 1 aliphatic heterocycles. The van der Waals surface area contributed by atoms with E-state index in [9.17, 15) is 0 Å². The van der Waals surface area contributed by atoms with Gasteiger partial charge < -0.3 is 10.6 Å². The van der Waals surface area contributed by atoms with Gasteiger partial charge in [-0.3, -0.25) is 4.90 Å². The molecule has 1 aromatic carbocycles. The highest BCUT2D eigenvalue weighted by Crippen LogP contribution is 2.19. The Morgan fingerprint density at radius 2 is 1.94 bits per heavy atom. The molecular weight excluding hydrogens is 410 g/mol. The van der Waals surface area contributed by atoms with Crippen LogP contribution in [0.5, 0.6) is 0 Å². The van der Waals surface area contributed by atoms with Crippen molar-refractivity contribution in [3.63, 3.8) is 0 Å². The summed E-state index contributed by atoms with van der Waals surface area (Å²) in [5.41, 5.74) is 4.52. The summed E-state index contributed by atoms with van der Waals surface area (Å²) in [4.78, 5) is 12.0. The van der Waals surface area contributed by atoms with Gasteiger partial charge in [0, 0.05) is 37.6 Å². The van der Waals surface area contributed by atoms with Crippen LogP contribution in [0.2, 0.25) is 0 Å². The largest absolute Gasteiger partial charge is 0.357 e. The smallest absolute Gasteiger partial charge is 0.191 e. The number of aliphatic imine (C=N–C) groups is 1. The number of nitrogens with zero attached hydrogens (tertiary/aromatic N) is 5. The summed E-state index contributed by atoms with van der Waals surface area (Å²) in [6, 6.07) is 17.4. The predicted molar refractivity (Wildman–Crippen MR) is 134 cm³/mol. The van der Waals surface area contributed by atoms with Crippen molar-refractivity contribution < 1.29 is 0 Å². The summed E-state index contributed by atoms with van der Waals surface area (Å²) in [5.74, 6) is 1.68. The van der Waals surface area contributed by atoms with Crippen molar-refractivity contribution in [2.24, 2.45) is 4.99 Å². The van der Waals surface area contributed by atoms with Crippen LogP contribution < -0.4 is 10.6 Å². The molecule has 0 spiro atoms. The van der Waals surface area contributed by atoms with Gasteiger partial charge in [-0.25, -0.2) is 14.7 Å². The van der Waals surface area contributed by atoms with Crippen LogP contribution in [-0.2, 0) is 13.1 Å². The second-order valence-corrected chi connectivity index (χ2v) is 8.69. The van der Waals surface area contributed by atoms with Crippen molar-refractivity contribution in [3.8, 4) is 5.82 Å². The lowest BCUT2D eigenvalue weighted by Gasteiger charge is -2.25. The molecule has 3 heterocycles. The van der Waals surface area contributed by atoms with Gasteiger partial charge in [-0.2, -0.15) is 5.10 Å². The third-order valence-corrected chi connectivity index (χ3v) is 6.03. The summed E-state index contributed by atoms with van der Waals surface area (Å²) in [6.07, 6.45) is 4.36. The summed E-state index contributed by atoms with van der Waals surface area (Å²) in [6.45, 7) is 10.6. The SMILES string of the molecule is CCNC(=NCc1ccc(-n2nc(C)cc2C)nc1)NCC1CCCN1Cc1ccccc1. The molecule has 3 aromatic rings. The van der Waals surface area contributed by atoms with Gasteiger partial charge in [0.05, 0.1) is 12.2 Å². The highest BCUT2D eigenvalue weighted by atomic mass is 15.3. The van der Waals surface area contributed by atoms with Crippen LogP contribution in [0.1, 0.15) is 42.3 Å². The van der Waals surface area contributed by atoms with Crippen molar-refractivity contribution in [1.29, 1.82) is 0 Å². The number of benzene rings is 1. The van der Waals surface area contributed by atoms with E-state index in [4.69, 9.17) is 4.99 Å². The maximum Gasteiger partial charge on any atom is 0.191 e. The van der Waals surface area contributed by atoms with Crippen molar-refractivity contribution >= 4 is 5.96 Å². The van der Waals surface area contributed by atoms with Crippen LogP contribution in [0.4, 0.5) is 0 Å². The molecule has 0 aliphatic carbocycles. The van der Waals surface area contributed by atoms with Crippen LogP contribution in [0, 0.1) is 13.8 Å². The Labute approximate surface area is 197 Å². The van der Waals surface area contributed by atoms with Gasteiger partial charge in [-0.1, -0.05) is 36.4 Å². The van der Waals surface area contributed by atoms with Gasteiger partial charge in [-0.15, -0.1) is 0 Å². The average Bonchev–Trinajstić information content (AvgIpc) is 3.41. The maximum absolute atomic E-state index is 4.79. The van der Waals surface area contributed by atoms with Crippen LogP contribution in [-0.4, -0.2) is 51.3 Å². The molecule has 0 bridgehead atoms. The average molecular weight is 446 g/mol. The third-order valence-electron chi connectivity index (χ3n) is 6.03. The molecule has 0 amide bonds. The molecule has 7 heteroatoms. The molecule has 0 saturated carbocycles. The van der Waals surface area contributed by atoms with Gasteiger partial charge in [-0.05, 0) is 63.4 Å². The minimum Gasteiger partial charge on any atom is -0.357 e. The molecule has 0 radical (unpaired) electrons. The molecule has 7 nitrogen and oxygen atoms in total. The van der Waals surface area contributed by atoms with Crippen molar-refractivity contribution in [3.05, 3.63) is 77.2 Å². The number of hydrogen-bond donors (Lipinski definition) is 2. The Kier molecular flexibility index (Phi) is 7.73. The van der Waals surface area contributed by atoms with Gasteiger partial charge in [0.25, 0.3) is 0 Å². The standard InChI is InChI=1S/C26H35N7/c1-4-27-26(30-18-24-11-8-14-32(24)19-22-9-6-5-7-10-22)29-17-23-12-13-25(28-16-23)33-21(3)15-20(2)31-33/h5-7,9-10,12-13,15-16,24H,4,8,11,14,17-19H2,1-3H3,(H2,27,29,30). The molecule has 1 saturated heterocycles. The maximum atomic E-state index is 4.79. The zero-order valence-corrected chi connectivity index (χ0v) is 20.0. The Bertz CT molecular complexity index is 1040. The van der Waals surface area contributed by atoms with Crippen LogP contribution in [0.15, 0.2) is 59.7 Å². The van der Waals surface area contributed by atoms with Crippen molar-refractivity contribution in [2.75, 3.05) is 19.6 Å². The normalized spacial score (nSPS) is 16.8. The Hall–Kier alpha value is -3.19. The first-order chi connectivity index (χ1) is 16.1. The van der Waals surface area contributed by atoms with Crippen molar-refractivity contribution in [1.82, 2.24) is 30.3 Å². The van der Waals surface area contributed by atoms with Crippen LogP contribution in [0.25, 0.3) is 5.82 Å². The zero-order chi connectivity index (χ0) is 23.0. The van der Waals surface area contributed by atoms with Gasteiger partial charge in [0.2, 0.25) is 0 Å². The lowest BCUT2D eigenvalue weighted by Crippen LogP contribution is -2.44. The quantitative estimate of drug-likeness (QED) is 0.410. The topological polar surface area (TPSA) is 70.4 Å². The van der Waals surface area contributed by atoms with E-state index in [0.717, 1.165) is 54.9 Å². The number of likely N-dealkylation sites (tertiary alicyclic amines) is 1. The Morgan fingerprint density at radius 3 is 2.64 bits per heavy atom. The molecular formula is C26H35N7. The van der Waals surface area contributed by atoms with Crippen LogP contribution in [0.3, 0.4) is 0 Å². The van der Waals surface area contributed by atoms with E-state index < -0.39 is 0 Å². The third kappa shape index (κ3) is 6.20. The minimum atomic E-state index is 0.524. The Balaban J connectivity index is 1.34. The van der Waals surface area contributed by atoms with E-state index in [0.29, 0.717) is 12.6 Å². The molecule has 4 rings (SSSR count). The van der Waals surface area contributed by atoms with Gasteiger partial charge in [0.1, 0.15) is 0 Å². The number of aryl methyl sites for hydroxylation is 2. The molecule has 33 heavy (non-hydrogen) atoms. The number of rotatable bonds is 8. The molecule has 1 unspecified atom stereocenters. The number of nitrogens with one attached hydrogen (secondary N) is 2. The zero-order valence-electron chi connectivity index (χ0n) is 20.0. The van der Waals surface area contributed by atoms with E-state index in [1.165, 1.54) is 18.4 Å². The van der Waals surface area contributed by atoms with Crippen LogP contribution >= 0.6 is 0 Å². The van der Waals surface area contributed by atoms with E-state index >= 15 is 0 Å². The molecule has 1 atom stereocenters. The number of hydrogen-bond acceptors (Lipinski definition) is 4. The van der Waals surface area contributed by atoms with Gasteiger partial charge in [0.15, 0.2) is 11.8 Å². The van der Waals surface area contributed by atoms with Crippen molar-refractivity contribution in [2.45, 2.75) is 52.7 Å². The molecule has 2 N–H and O–H groups in total. The second-order valence-electron chi connectivity index (χ2n) is 8.69. The summed E-state index contributed by atoms with van der Waals surface area (Å²) in [5, 5.41) is 11.4. The second kappa shape index (κ2) is 11.1. The molecule has 1 aliphatic rings. The fourth-order valence-corrected chi connectivity index (χ4v) is 4.38.